The van der Waals surface area contributed by atoms with Crippen LogP contribution in [0.3, 0.4) is 0 Å². The zero-order valence-electron chi connectivity index (χ0n) is 14.4. The molecule has 2 rings (SSSR count). The van der Waals surface area contributed by atoms with E-state index in [2.05, 4.69) is 5.32 Å². The van der Waals surface area contributed by atoms with Crippen molar-refractivity contribution in [2.75, 3.05) is 18.4 Å². The fourth-order valence-corrected chi connectivity index (χ4v) is 3.89. The van der Waals surface area contributed by atoms with Crippen molar-refractivity contribution in [2.45, 2.75) is 25.7 Å². The van der Waals surface area contributed by atoms with Gasteiger partial charge in [-0.25, -0.2) is 12.8 Å². The van der Waals surface area contributed by atoms with Crippen LogP contribution in [0.25, 0.3) is 0 Å². The maximum atomic E-state index is 13.0. The smallest absolute Gasteiger partial charge is 0.255 e. The molecule has 7 heteroatoms. The SMILES string of the molecule is CCN(CC)S(=O)(=O)c1ccc(C)c(NC(=O)c2ccc(F)cc2)c1. The number of anilines is 1. The number of benzene rings is 2. The molecule has 0 saturated carbocycles. The fraction of sp³-hybridized carbons (Fsp3) is 0.278. The van der Waals surface area contributed by atoms with Crippen LogP contribution in [0.15, 0.2) is 47.4 Å². The van der Waals surface area contributed by atoms with Crippen LogP contribution in [0, 0.1) is 12.7 Å². The maximum absolute atomic E-state index is 13.0. The zero-order valence-corrected chi connectivity index (χ0v) is 15.2. The number of aryl methyl sites for hydroxylation is 1. The van der Waals surface area contributed by atoms with Gasteiger partial charge in [0.05, 0.1) is 4.90 Å². The first-order valence-electron chi connectivity index (χ1n) is 7.97. The quantitative estimate of drug-likeness (QED) is 0.854. The number of hydrogen-bond donors (Lipinski definition) is 1. The molecule has 0 aromatic heterocycles. The van der Waals surface area contributed by atoms with Crippen LogP contribution in [-0.4, -0.2) is 31.7 Å². The van der Waals surface area contributed by atoms with E-state index in [4.69, 9.17) is 0 Å². The zero-order chi connectivity index (χ0) is 18.6. The molecule has 0 aliphatic rings. The minimum atomic E-state index is -3.61. The van der Waals surface area contributed by atoms with Crippen molar-refractivity contribution < 1.29 is 17.6 Å². The van der Waals surface area contributed by atoms with Gasteiger partial charge < -0.3 is 5.32 Å². The van der Waals surface area contributed by atoms with E-state index in [1.54, 1.807) is 26.8 Å². The molecule has 0 unspecified atom stereocenters. The van der Waals surface area contributed by atoms with Gasteiger partial charge >= 0.3 is 0 Å². The lowest BCUT2D eigenvalue weighted by atomic mass is 10.1. The number of rotatable bonds is 6. The summed E-state index contributed by atoms with van der Waals surface area (Å²) in [6.45, 7) is 6.04. The van der Waals surface area contributed by atoms with Crippen molar-refractivity contribution >= 4 is 21.6 Å². The Kier molecular flexibility index (Phi) is 5.92. The number of carbonyl (C=O) groups excluding carboxylic acids is 1. The van der Waals surface area contributed by atoms with Gasteiger partial charge in [-0.2, -0.15) is 4.31 Å². The standard InChI is InChI=1S/C18H21FN2O3S/c1-4-21(5-2)25(23,24)16-11-6-13(3)17(12-16)20-18(22)14-7-9-15(19)10-8-14/h6-12H,4-5H2,1-3H3,(H,20,22). The molecule has 2 aromatic carbocycles. The van der Waals surface area contributed by atoms with Crippen LogP contribution in [0.2, 0.25) is 0 Å². The van der Waals surface area contributed by atoms with E-state index in [1.165, 1.54) is 40.7 Å². The lowest BCUT2D eigenvalue weighted by Gasteiger charge is -2.19. The van der Waals surface area contributed by atoms with E-state index in [9.17, 15) is 17.6 Å². The summed E-state index contributed by atoms with van der Waals surface area (Å²) in [5, 5.41) is 2.69. The second-order valence-corrected chi connectivity index (χ2v) is 7.47. The highest BCUT2D eigenvalue weighted by Crippen LogP contribution is 2.23. The lowest BCUT2D eigenvalue weighted by molar-refractivity contribution is 0.102. The van der Waals surface area contributed by atoms with E-state index in [0.717, 1.165) is 5.56 Å². The fourth-order valence-electron chi connectivity index (χ4n) is 2.40. The molecule has 1 N–H and O–H groups in total. The van der Waals surface area contributed by atoms with Crippen LogP contribution in [0.5, 0.6) is 0 Å². The monoisotopic (exact) mass is 364 g/mol. The molecule has 2 aromatic rings. The Labute approximate surface area is 147 Å². The molecule has 0 aliphatic heterocycles. The summed E-state index contributed by atoms with van der Waals surface area (Å²) >= 11 is 0. The first kappa shape index (κ1) is 19.1. The molecule has 0 atom stereocenters. The van der Waals surface area contributed by atoms with E-state index < -0.39 is 21.7 Å². The highest BCUT2D eigenvalue weighted by atomic mass is 32.2. The number of nitrogens with zero attached hydrogens (tertiary/aromatic N) is 1. The van der Waals surface area contributed by atoms with Crippen molar-refractivity contribution in [3.63, 3.8) is 0 Å². The molecule has 5 nitrogen and oxygen atoms in total. The molecular formula is C18H21FN2O3S. The second kappa shape index (κ2) is 7.76. The molecule has 0 heterocycles. The molecule has 0 spiro atoms. The highest BCUT2D eigenvalue weighted by Gasteiger charge is 2.22. The third-order valence-corrected chi connectivity index (χ3v) is 5.95. The summed E-state index contributed by atoms with van der Waals surface area (Å²) in [5.41, 5.74) is 1.43. The number of sulfonamides is 1. The molecule has 0 aliphatic carbocycles. The van der Waals surface area contributed by atoms with E-state index in [1.807, 2.05) is 0 Å². The number of nitrogens with one attached hydrogen (secondary N) is 1. The van der Waals surface area contributed by atoms with Gasteiger partial charge in [0.25, 0.3) is 5.91 Å². The van der Waals surface area contributed by atoms with Crippen LogP contribution in [-0.2, 0) is 10.0 Å². The van der Waals surface area contributed by atoms with Crippen LogP contribution < -0.4 is 5.32 Å². The Morgan fingerprint density at radius 2 is 1.68 bits per heavy atom. The van der Waals surface area contributed by atoms with Crippen LogP contribution in [0.4, 0.5) is 10.1 Å². The van der Waals surface area contributed by atoms with Crippen molar-refractivity contribution in [2.24, 2.45) is 0 Å². The van der Waals surface area contributed by atoms with E-state index in [-0.39, 0.29) is 10.5 Å². The molecule has 25 heavy (non-hydrogen) atoms. The predicted octanol–water partition coefficient (Wildman–Crippen LogP) is 3.42. The minimum Gasteiger partial charge on any atom is -0.322 e. The molecule has 0 saturated heterocycles. The largest absolute Gasteiger partial charge is 0.322 e. The molecule has 0 bridgehead atoms. The maximum Gasteiger partial charge on any atom is 0.255 e. The van der Waals surface area contributed by atoms with Crippen LogP contribution in [0.1, 0.15) is 29.8 Å². The molecular weight excluding hydrogens is 343 g/mol. The average molecular weight is 364 g/mol. The van der Waals surface area contributed by atoms with Crippen molar-refractivity contribution in [1.29, 1.82) is 0 Å². The lowest BCUT2D eigenvalue weighted by Crippen LogP contribution is -2.30. The summed E-state index contributed by atoms with van der Waals surface area (Å²) in [7, 11) is -3.61. The number of halogens is 1. The van der Waals surface area contributed by atoms with E-state index in [0.29, 0.717) is 18.8 Å². The van der Waals surface area contributed by atoms with Crippen molar-refractivity contribution in [1.82, 2.24) is 4.31 Å². The Morgan fingerprint density at radius 3 is 2.24 bits per heavy atom. The Balaban J connectivity index is 2.33. The minimum absolute atomic E-state index is 0.121. The first-order chi connectivity index (χ1) is 11.8. The second-order valence-electron chi connectivity index (χ2n) is 5.53. The van der Waals surface area contributed by atoms with Crippen molar-refractivity contribution in [3.05, 3.63) is 59.4 Å². The van der Waals surface area contributed by atoms with Gasteiger partial charge in [-0.1, -0.05) is 19.9 Å². The number of hydrogen-bond acceptors (Lipinski definition) is 3. The third-order valence-electron chi connectivity index (χ3n) is 3.91. The first-order valence-corrected chi connectivity index (χ1v) is 9.41. The van der Waals surface area contributed by atoms with Gasteiger partial charge in [0, 0.05) is 24.3 Å². The normalized spacial score (nSPS) is 11.6. The third kappa shape index (κ3) is 4.24. The Morgan fingerprint density at radius 1 is 1.08 bits per heavy atom. The van der Waals surface area contributed by atoms with Gasteiger partial charge in [0.1, 0.15) is 5.82 Å². The highest BCUT2D eigenvalue weighted by molar-refractivity contribution is 7.89. The predicted molar refractivity (Wildman–Crippen MR) is 95.6 cm³/mol. The summed E-state index contributed by atoms with van der Waals surface area (Å²) < 4.78 is 39.6. The molecule has 134 valence electrons. The summed E-state index contributed by atoms with van der Waals surface area (Å²) in [5.74, 6) is -0.861. The van der Waals surface area contributed by atoms with Gasteiger partial charge in [0.2, 0.25) is 10.0 Å². The summed E-state index contributed by atoms with van der Waals surface area (Å²) in [4.78, 5) is 12.4. The van der Waals surface area contributed by atoms with Gasteiger partial charge in [-0.3, -0.25) is 4.79 Å². The molecule has 0 radical (unpaired) electrons. The molecule has 1 amide bonds. The Hall–Kier alpha value is -2.25. The Bertz CT molecular complexity index is 860. The summed E-state index contributed by atoms with van der Waals surface area (Å²) in [6, 6.07) is 9.76. The van der Waals surface area contributed by atoms with Gasteiger partial charge in [0.15, 0.2) is 0 Å². The number of carbonyl (C=O) groups is 1. The summed E-state index contributed by atoms with van der Waals surface area (Å²) in [6.07, 6.45) is 0. The number of amides is 1. The van der Waals surface area contributed by atoms with Gasteiger partial charge in [-0.05, 0) is 48.9 Å². The van der Waals surface area contributed by atoms with Gasteiger partial charge in [-0.15, -0.1) is 0 Å². The topological polar surface area (TPSA) is 66.5 Å². The molecule has 0 fully saturated rings. The van der Waals surface area contributed by atoms with E-state index >= 15 is 0 Å². The average Bonchev–Trinajstić information content (AvgIpc) is 2.58. The van der Waals surface area contributed by atoms with Crippen LogP contribution >= 0.6 is 0 Å². The van der Waals surface area contributed by atoms with Crippen molar-refractivity contribution in [3.8, 4) is 0 Å².